The Balaban J connectivity index is 4.21. The summed E-state index contributed by atoms with van der Waals surface area (Å²) in [4.78, 5) is 22.5. The van der Waals surface area contributed by atoms with E-state index in [2.05, 4.69) is 5.32 Å². The Bertz CT molecular complexity index is 279. The van der Waals surface area contributed by atoms with Crippen molar-refractivity contribution in [2.45, 2.75) is 32.0 Å². The molecular weight excluding hydrogens is 230 g/mol. The average molecular weight is 249 g/mol. The van der Waals surface area contributed by atoms with Gasteiger partial charge in [-0.05, 0) is 20.8 Å². The molecule has 0 aliphatic rings. The second-order valence-electron chi connectivity index (χ2n) is 4.63. The third-order valence-corrected chi connectivity index (χ3v) is 1.83. The predicted molar refractivity (Wildman–Crippen MR) is 58.4 cm³/mol. The molecule has 0 fully saturated rings. The maximum Gasteiger partial charge on any atom is 0.408 e. The van der Waals surface area contributed by atoms with E-state index in [1.54, 1.807) is 20.8 Å². The Morgan fingerprint density at radius 1 is 1.18 bits per heavy atom. The van der Waals surface area contributed by atoms with Gasteiger partial charge in [0.05, 0.1) is 19.8 Å². The monoisotopic (exact) mass is 249 g/mol. The van der Waals surface area contributed by atoms with Gasteiger partial charge in [0.25, 0.3) is 0 Å². The first-order valence-electron chi connectivity index (χ1n) is 5.09. The molecule has 0 aromatic heterocycles. The van der Waals surface area contributed by atoms with Crippen molar-refractivity contribution in [1.82, 2.24) is 5.32 Å². The minimum Gasteiger partial charge on any atom is -0.444 e. The number of carbonyl (C=O) groups excluding carboxylic acids is 2. The lowest BCUT2D eigenvalue weighted by Crippen LogP contribution is -2.51. The minimum atomic E-state index is -2.24. The molecular formula is C10H19NO6. The van der Waals surface area contributed by atoms with Crippen LogP contribution in [0, 0.1) is 0 Å². The fourth-order valence-electron chi connectivity index (χ4n) is 0.858. The van der Waals surface area contributed by atoms with E-state index in [4.69, 9.17) is 14.9 Å². The molecule has 0 aliphatic carbocycles. The van der Waals surface area contributed by atoms with Crippen LogP contribution in [0.1, 0.15) is 20.8 Å². The molecule has 4 N–H and O–H groups in total. The zero-order valence-electron chi connectivity index (χ0n) is 10.2. The summed E-state index contributed by atoms with van der Waals surface area (Å²) < 4.78 is 4.86. The van der Waals surface area contributed by atoms with E-state index < -0.39 is 42.8 Å². The fourth-order valence-corrected chi connectivity index (χ4v) is 0.858. The molecule has 0 heterocycles. The van der Waals surface area contributed by atoms with Gasteiger partial charge in [0.15, 0.2) is 11.4 Å². The Hall–Kier alpha value is -1.18. The van der Waals surface area contributed by atoms with Crippen LogP contribution in [0.3, 0.4) is 0 Å². The van der Waals surface area contributed by atoms with E-state index in [9.17, 15) is 14.7 Å². The van der Waals surface area contributed by atoms with Gasteiger partial charge in [-0.3, -0.25) is 4.79 Å². The first-order chi connectivity index (χ1) is 7.64. The van der Waals surface area contributed by atoms with Crippen LogP contribution in [0.4, 0.5) is 4.79 Å². The van der Waals surface area contributed by atoms with Crippen LogP contribution in [0.25, 0.3) is 0 Å². The van der Waals surface area contributed by atoms with Crippen molar-refractivity contribution >= 4 is 11.9 Å². The van der Waals surface area contributed by atoms with E-state index in [-0.39, 0.29) is 0 Å². The van der Waals surface area contributed by atoms with E-state index in [1.165, 1.54) is 0 Å². The number of hydrogen-bond donors (Lipinski definition) is 4. The number of amides is 1. The highest BCUT2D eigenvalue weighted by atomic mass is 16.6. The van der Waals surface area contributed by atoms with E-state index >= 15 is 0 Å². The van der Waals surface area contributed by atoms with Crippen molar-refractivity contribution in [3.63, 3.8) is 0 Å². The number of hydrogen-bond acceptors (Lipinski definition) is 6. The Morgan fingerprint density at radius 3 is 2.00 bits per heavy atom. The van der Waals surface area contributed by atoms with Gasteiger partial charge in [-0.15, -0.1) is 0 Å². The number of aliphatic hydroxyl groups is 3. The lowest BCUT2D eigenvalue weighted by atomic mass is 10.0. The van der Waals surface area contributed by atoms with Crippen molar-refractivity contribution in [1.29, 1.82) is 0 Å². The van der Waals surface area contributed by atoms with E-state index in [0.29, 0.717) is 0 Å². The molecule has 7 nitrogen and oxygen atoms in total. The zero-order chi connectivity index (χ0) is 13.7. The molecule has 0 spiro atoms. The minimum absolute atomic E-state index is 0.535. The molecule has 0 saturated heterocycles. The summed E-state index contributed by atoms with van der Waals surface area (Å²) in [7, 11) is 0. The summed E-state index contributed by atoms with van der Waals surface area (Å²) in [6.07, 6.45) is -0.816. The lowest BCUT2D eigenvalue weighted by molar-refractivity contribution is -0.145. The number of aliphatic hydroxyl groups excluding tert-OH is 2. The lowest BCUT2D eigenvalue weighted by Gasteiger charge is -2.23. The molecule has 0 aromatic rings. The molecule has 0 rings (SSSR count). The number of rotatable bonds is 5. The molecule has 17 heavy (non-hydrogen) atoms. The van der Waals surface area contributed by atoms with Crippen LogP contribution < -0.4 is 5.32 Å². The highest BCUT2D eigenvalue weighted by molar-refractivity contribution is 5.91. The number of carbonyl (C=O) groups is 2. The molecule has 0 saturated carbocycles. The summed E-state index contributed by atoms with van der Waals surface area (Å²) in [6.45, 7) is 2.60. The Morgan fingerprint density at radius 2 is 1.65 bits per heavy atom. The number of alkyl carbamates (subject to hydrolysis) is 1. The maximum absolute atomic E-state index is 11.4. The number of Topliss-reactive ketones (excluding diaryl/α,β-unsaturated/α-hetero) is 1. The maximum atomic E-state index is 11.4. The molecule has 100 valence electrons. The van der Waals surface area contributed by atoms with Gasteiger partial charge in [0.1, 0.15) is 5.60 Å². The first-order valence-corrected chi connectivity index (χ1v) is 5.09. The summed E-state index contributed by atoms with van der Waals surface area (Å²) in [6, 6.07) is 0. The highest BCUT2D eigenvalue weighted by Gasteiger charge is 2.34. The second kappa shape index (κ2) is 5.95. The van der Waals surface area contributed by atoms with Crippen LogP contribution in [-0.2, 0) is 9.53 Å². The van der Waals surface area contributed by atoms with Gasteiger partial charge in [-0.2, -0.15) is 0 Å². The van der Waals surface area contributed by atoms with Crippen molar-refractivity contribution < 1.29 is 29.6 Å². The first kappa shape index (κ1) is 15.8. The molecule has 1 amide bonds. The molecule has 0 bridgehead atoms. The van der Waals surface area contributed by atoms with Crippen molar-refractivity contribution in [2.24, 2.45) is 0 Å². The summed E-state index contributed by atoms with van der Waals surface area (Å²) in [5.41, 5.74) is -2.94. The third kappa shape index (κ3) is 5.62. The molecule has 0 radical (unpaired) electrons. The summed E-state index contributed by atoms with van der Waals surface area (Å²) >= 11 is 0. The van der Waals surface area contributed by atoms with Crippen LogP contribution in [0.2, 0.25) is 0 Å². The van der Waals surface area contributed by atoms with Crippen LogP contribution in [-0.4, -0.2) is 58.2 Å². The summed E-state index contributed by atoms with van der Waals surface area (Å²) in [5, 5.41) is 29.0. The van der Waals surface area contributed by atoms with Crippen molar-refractivity contribution in [3.8, 4) is 0 Å². The largest absolute Gasteiger partial charge is 0.444 e. The molecule has 0 atom stereocenters. The number of nitrogens with one attached hydrogen (secondary N) is 1. The fraction of sp³-hybridized carbons (Fsp3) is 0.800. The van der Waals surface area contributed by atoms with Gasteiger partial charge in [-0.25, -0.2) is 4.79 Å². The van der Waals surface area contributed by atoms with Gasteiger partial charge in [-0.1, -0.05) is 0 Å². The van der Waals surface area contributed by atoms with Crippen molar-refractivity contribution in [2.75, 3.05) is 19.8 Å². The van der Waals surface area contributed by atoms with E-state index in [0.717, 1.165) is 0 Å². The predicted octanol–water partition coefficient (Wildman–Crippen LogP) is -1.20. The standard InChI is InChI=1S/C10H19NO6/c1-9(2,3)17-8(15)11-4-7(14)10(16,5-12)6-13/h12-13,16H,4-6H2,1-3H3,(H,11,15). The molecule has 0 aliphatic heterocycles. The quantitative estimate of drug-likeness (QED) is 0.486. The molecule has 0 aromatic carbocycles. The van der Waals surface area contributed by atoms with E-state index in [1.807, 2.05) is 0 Å². The molecule has 0 unspecified atom stereocenters. The second-order valence-corrected chi connectivity index (χ2v) is 4.63. The Kier molecular flexibility index (Phi) is 5.53. The van der Waals surface area contributed by atoms with Gasteiger partial charge in [0.2, 0.25) is 0 Å². The number of ether oxygens (including phenoxy) is 1. The topological polar surface area (TPSA) is 116 Å². The normalized spacial score (nSPS) is 12.1. The molecule has 7 heteroatoms. The van der Waals surface area contributed by atoms with Gasteiger partial charge in [0, 0.05) is 0 Å². The van der Waals surface area contributed by atoms with Gasteiger partial charge < -0.3 is 25.4 Å². The van der Waals surface area contributed by atoms with Crippen LogP contribution >= 0.6 is 0 Å². The van der Waals surface area contributed by atoms with Crippen molar-refractivity contribution in [3.05, 3.63) is 0 Å². The highest BCUT2D eigenvalue weighted by Crippen LogP contribution is 2.07. The average Bonchev–Trinajstić information content (AvgIpc) is 2.22. The summed E-state index contributed by atoms with van der Waals surface area (Å²) in [5.74, 6) is -0.895. The Labute approximate surface area is 99.4 Å². The zero-order valence-corrected chi connectivity index (χ0v) is 10.2. The smallest absolute Gasteiger partial charge is 0.408 e. The SMILES string of the molecule is CC(C)(C)OC(=O)NCC(=O)C(O)(CO)CO. The number of ketones is 1. The third-order valence-electron chi connectivity index (χ3n) is 1.83. The van der Waals surface area contributed by atoms with Crippen LogP contribution in [0.15, 0.2) is 0 Å². The van der Waals surface area contributed by atoms with Crippen LogP contribution in [0.5, 0.6) is 0 Å². The van der Waals surface area contributed by atoms with Gasteiger partial charge >= 0.3 is 6.09 Å².